The summed E-state index contributed by atoms with van der Waals surface area (Å²) in [4.78, 5) is 12.8. The highest BCUT2D eigenvalue weighted by atomic mass is 32.2. The second kappa shape index (κ2) is 10.0. The highest BCUT2D eigenvalue weighted by Crippen LogP contribution is 2.29. The third-order valence-electron chi connectivity index (χ3n) is 4.38. The van der Waals surface area contributed by atoms with E-state index in [9.17, 15) is 30.4 Å². The molecule has 0 aliphatic heterocycles. The van der Waals surface area contributed by atoms with Crippen LogP contribution in [0, 0.1) is 11.6 Å². The van der Waals surface area contributed by atoms with Crippen LogP contribution in [0.2, 0.25) is 0 Å². The summed E-state index contributed by atoms with van der Waals surface area (Å²) in [6.07, 6.45) is 0.809. The molecule has 2 rings (SSSR count). The summed E-state index contributed by atoms with van der Waals surface area (Å²) in [6, 6.07) is 4.41. The lowest BCUT2D eigenvalue weighted by Gasteiger charge is -2.28. The summed E-state index contributed by atoms with van der Waals surface area (Å²) in [5.41, 5.74) is -0.289. The molecule has 0 bridgehead atoms. The molecule has 9 nitrogen and oxygen atoms in total. The second-order valence-corrected chi connectivity index (χ2v) is 11.0. The number of carbonyl (C=O) groups is 1. The van der Waals surface area contributed by atoms with Gasteiger partial charge in [-0.3, -0.25) is 9.10 Å². The van der Waals surface area contributed by atoms with Crippen LogP contribution in [0.3, 0.4) is 0 Å². The van der Waals surface area contributed by atoms with Gasteiger partial charge in [-0.1, -0.05) is 0 Å². The van der Waals surface area contributed by atoms with Crippen molar-refractivity contribution in [3.05, 3.63) is 48.0 Å². The fourth-order valence-corrected chi connectivity index (χ4v) is 5.44. The van der Waals surface area contributed by atoms with Crippen molar-refractivity contribution in [1.82, 2.24) is 4.72 Å². The number of carbonyl (C=O) groups excluding carboxylic acids is 1. The Morgan fingerprint density at radius 3 is 2.15 bits per heavy atom. The van der Waals surface area contributed by atoms with Gasteiger partial charge in [-0.25, -0.2) is 30.3 Å². The third-order valence-corrected chi connectivity index (χ3v) is 7.27. The molecule has 0 heterocycles. The van der Waals surface area contributed by atoms with Crippen LogP contribution < -0.4 is 19.1 Å². The van der Waals surface area contributed by atoms with Gasteiger partial charge in [-0.05, 0) is 51.1 Å². The summed E-state index contributed by atoms with van der Waals surface area (Å²) in [5.74, 6) is -3.21. The maximum absolute atomic E-state index is 13.7. The van der Waals surface area contributed by atoms with Crippen molar-refractivity contribution in [2.75, 3.05) is 23.0 Å². The Morgan fingerprint density at radius 1 is 1.00 bits per heavy atom. The predicted molar refractivity (Wildman–Crippen MR) is 120 cm³/mol. The van der Waals surface area contributed by atoms with E-state index in [0.717, 1.165) is 24.5 Å². The monoisotopic (exact) mass is 505 g/mol. The number of ether oxygens (including phenoxy) is 1. The minimum atomic E-state index is -4.10. The molecule has 0 aliphatic carbocycles. The molecular weight excluding hydrogens is 480 g/mol. The normalized spacial score (nSPS) is 13.0. The van der Waals surface area contributed by atoms with Gasteiger partial charge in [-0.15, -0.1) is 0 Å². The van der Waals surface area contributed by atoms with Gasteiger partial charge in [0.05, 0.1) is 29.6 Å². The minimum absolute atomic E-state index is 0.0280. The van der Waals surface area contributed by atoms with Crippen LogP contribution in [0.5, 0.6) is 5.75 Å². The average molecular weight is 506 g/mol. The van der Waals surface area contributed by atoms with E-state index in [-0.39, 0.29) is 28.1 Å². The van der Waals surface area contributed by atoms with Crippen molar-refractivity contribution in [1.29, 1.82) is 0 Å². The largest absolute Gasteiger partial charge is 0.495 e. The minimum Gasteiger partial charge on any atom is -0.495 e. The van der Waals surface area contributed by atoms with Gasteiger partial charge in [0, 0.05) is 12.1 Å². The molecule has 0 spiro atoms. The van der Waals surface area contributed by atoms with Crippen LogP contribution in [0.15, 0.2) is 41.3 Å². The first-order valence-corrected chi connectivity index (χ1v) is 13.0. The van der Waals surface area contributed by atoms with Crippen LogP contribution in [0.1, 0.15) is 20.8 Å². The van der Waals surface area contributed by atoms with Crippen LogP contribution in [-0.2, 0) is 24.8 Å². The number of nitrogens with zero attached hydrogens (tertiary/aromatic N) is 1. The van der Waals surface area contributed by atoms with Gasteiger partial charge < -0.3 is 10.1 Å². The van der Waals surface area contributed by atoms with E-state index >= 15 is 0 Å². The van der Waals surface area contributed by atoms with Gasteiger partial charge in [0.15, 0.2) is 11.6 Å². The van der Waals surface area contributed by atoms with E-state index in [4.69, 9.17) is 4.74 Å². The van der Waals surface area contributed by atoms with Crippen molar-refractivity contribution < 1.29 is 35.1 Å². The number of anilines is 2. The fraction of sp³-hybridized carbons (Fsp3) is 0.350. The molecule has 2 aromatic rings. The molecule has 1 amide bonds. The molecule has 0 saturated heterocycles. The zero-order valence-electron chi connectivity index (χ0n) is 18.6. The molecule has 0 fully saturated rings. The molecule has 182 valence electrons. The van der Waals surface area contributed by atoms with Crippen molar-refractivity contribution in [3.8, 4) is 5.75 Å². The van der Waals surface area contributed by atoms with Crippen LogP contribution >= 0.6 is 0 Å². The van der Waals surface area contributed by atoms with Gasteiger partial charge in [0.2, 0.25) is 26.0 Å². The van der Waals surface area contributed by atoms with Gasteiger partial charge in [0.1, 0.15) is 11.8 Å². The first-order chi connectivity index (χ1) is 15.2. The zero-order valence-corrected chi connectivity index (χ0v) is 20.2. The molecule has 33 heavy (non-hydrogen) atoms. The summed E-state index contributed by atoms with van der Waals surface area (Å²) in [6.45, 7) is 4.53. The topological polar surface area (TPSA) is 122 Å². The molecular formula is C20H25F2N3O6S2. The Hall–Kier alpha value is -2.77. The van der Waals surface area contributed by atoms with Crippen LogP contribution in [0.4, 0.5) is 20.2 Å². The van der Waals surface area contributed by atoms with E-state index in [1.165, 1.54) is 26.2 Å². The molecule has 0 saturated carbocycles. The van der Waals surface area contributed by atoms with Gasteiger partial charge >= 0.3 is 0 Å². The Balaban J connectivity index is 2.44. The Labute approximate surface area is 191 Å². The molecule has 2 aromatic carbocycles. The summed E-state index contributed by atoms with van der Waals surface area (Å²) in [7, 11) is -6.69. The summed E-state index contributed by atoms with van der Waals surface area (Å²) in [5, 5.41) is 2.45. The second-order valence-electron chi connectivity index (χ2n) is 7.46. The van der Waals surface area contributed by atoms with E-state index in [1.54, 1.807) is 13.8 Å². The van der Waals surface area contributed by atoms with Crippen LogP contribution in [-0.4, -0.2) is 48.2 Å². The zero-order chi connectivity index (χ0) is 25.1. The molecule has 0 unspecified atom stereocenters. The third kappa shape index (κ3) is 6.39. The summed E-state index contributed by atoms with van der Waals surface area (Å²) >= 11 is 0. The predicted octanol–water partition coefficient (Wildman–Crippen LogP) is 2.45. The van der Waals surface area contributed by atoms with Crippen LogP contribution in [0.25, 0.3) is 0 Å². The Bertz CT molecular complexity index is 1250. The summed E-state index contributed by atoms with van der Waals surface area (Å²) < 4.78 is 84.9. The van der Waals surface area contributed by atoms with Gasteiger partial charge in [0.25, 0.3) is 0 Å². The molecule has 13 heteroatoms. The number of methoxy groups -OCH3 is 1. The number of rotatable bonds is 9. The number of nitrogens with one attached hydrogen (secondary N) is 2. The number of halogens is 2. The fourth-order valence-electron chi connectivity index (χ4n) is 3.00. The number of amides is 1. The molecule has 2 N–H and O–H groups in total. The van der Waals surface area contributed by atoms with Crippen molar-refractivity contribution >= 4 is 37.3 Å². The average Bonchev–Trinajstić information content (AvgIpc) is 2.68. The van der Waals surface area contributed by atoms with E-state index in [2.05, 4.69) is 10.0 Å². The highest BCUT2D eigenvalue weighted by Gasteiger charge is 2.30. The highest BCUT2D eigenvalue weighted by molar-refractivity contribution is 7.92. The Morgan fingerprint density at radius 2 is 1.64 bits per heavy atom. The lowest BCUT2D eigenvalue weighted by molar-refractivity contribution is -0.116. The van der Waals surface area contributed by atoms with Crippen molar-refractivity contribution in [2.24, 2.45) is 0 Å². The number of hydrogen-bond acceptors (Lipinski definition) is 6. The van der Waals surface area contributed by atoms with E-state index < -0.39 is 43.6 Å². The lowest BCUT2D eigenvalue weighted by Crippen LogP contribution is -2.45. The Kier molecular flexibility index (Phi) is 8.04. The molecule has 0 aromatic heterocycles. The standard InChI is InChI=1S/C20H25F2N3O6S2/c1-12(2)24-33(29,30)15-7-9-19(31-4)18(11-15)23-20(26)13(3)25(32(5,27)28)14-6-8-16(21)17(22)10-14/h6-13,24H,1-5H3,(H,23,26)/t13-/m0/s1. The molecule has 0 radical (unpaired) electrons. The number of hydrogen-bond donors (Lipinski definition) is 2. The van der Waals surface area contributed by atoms with Crippen molar-refractivity contribution in [2.45, 2.75) is 37.8 Å². The van der Waals surface area contributed by atoms with E-state index in [1.807, 2.05) is 0 Å². The maximum Gasteiger partial charge on any atom is 0.248 e. The first kappa shape index (κ1) is 26.5. The van der Waals surface area contributed by atoms with Crippen molar-refractivity contribution in [3.63, 3.8) is 0 Å². The van der Waals surface area contributed by atoms with E-state index in [0.29, 0.717) is 10.4 Å². The quantitative estimate of drug-likeness (QED) is 0.540. The number of sulfonamides is 2. The number of benzene rings is 2. The molecule has 1 atom stereocenters. The first-order valence-electron chi connectivity index (χ1n) is 9.63. The van der Waals surface area contributed by atoms with Gasteiger partial charge in [-0.2, -0.15) is 0 Å². The lowest BCUT2D eigenvalue weighted by atomic mass is 10.2. The smallest absolute Gasteiger partial charge is 0.248 e. The SMILES string of the molecule is COc1ccc(S(=O)(=O)NC(C)C)cc1NC(=O)[C@H](C)N(c1ccc(F)c(F)c1)S(C)(=O)=O. The molecule has 0 aliphatic rings. The maximum atomic E-state index is 13.7.